The molecule has 3 heteroatoms. The zero-order valence-corrected chi connectivity index (χ0v) is 9.63. The van der Waals surface area contributed by atoms with Crippen LogP contribution in [0.15, 0.2) is 18.2 Å². The van der Waals surface area contributed by atoms with E-state index in [1.165, 1.54) is 12.1 Å². The van der Waals surface area contributed by atoms with Crippen LogP contribution < -0.4 is 10.5 Å². The van der Waals surface area contributed by atoms with Crippen LogP contribution >= 0.6 is 0 Å². The summed E-state index contributed by atoms with van der Waals surface area (Å²) in [6, 6.07) is 4.67. The molecule has 1 saturated carbocycles. The van der Waals surface area contributed by atoms with Gasteiger partial charge in [0, 0.05) is 17.2 Å². The molecule has 1 fully saturated rings. The Morgan fingerprint density at radius 2 is 2.06 bits per heavy atom. The third-order valence-electron chi connectivity index (χ3n) is 3.28. The molecule has 0 unspecified atom stereocenters. The molecule has 1 aromatic rings. The Morgan fingerprint density at radius 1 is 1.38 bits per heavy atom. The number of halogens is 1. The average Bonchev–Trinajstić information content (AvgIpc) is 2.66. The minimum atomic E-state index is -0.321. The first-order chi connectivity index (χ1) is 7.65. The summed E-state index contributed by atoms with van der Waals surface area (Å²) < 4.78 is 18.6. The van der Waals surface area contributed by atoms with Gasteiger partial charge < -0.3 is 10.5 Å². The van der Waals surface area contributed by atoms with Gasteiger partial charge >= 0.3 is 0 Å². The maximum absolute atomic E-state index is 13.2. The van der Waals surface area contributed by atoms with Crippen molar-refractivity contribution in [2.45, 2.75) is 38.1 Å². The number of ether oxygens (including phenoxy) is 1. The van der Waals surface area contributed by atoms with Crippen LogP contribution in [0.2, 0.25) is 0 Å². The topological polar surface area (TPSA) is 35.2 Å². The second-order valence-electron chi connectivity index (χ2n) is 4.44. The lowest BCUT2D eigenvalue weighted by molar-refractivity contribution is 0.320. The first-order valence-corrected chi connectivity index (χ1v) is 5.87. The largest absolute Gasteiger partial charge is 0.493 e. The second kappa shape index (κ2) is 4.42. The van der Waals surface area contributed by atoms with Gasteiger partial charge in [0.1, 0.15) is 11.6 Å². The molecule has 0 aliphatic heterocycles. The van der Waals surface area contributed by atoms with E-state index >= 15 is 0 Å². The number of rotatable bonds is 3. The van der Waals surface area contributed by atoms with Crippen LogP contribution in [0.4, 0.5) is 4.39 Å². The summed E-state index contributed by atoms with van der Waals surface area (Å²) in [7, 11) is 0. The van der Waals surface area contributed by atoms with Crippen LogP contribution in [-0.2, 0) is 5.54 Å². The Kier molecular flexibility index (Phi) is 3.15. The summed E-state index contributed by atoms with van der Waals surface area (Å²) in [6.07, 6.45) is 4.19. The van der Waals surface area contributed by atoms with Crippen LogP contribution in [-0.4, -0.2) is 6.61 Å². The lowest BCUT2D eigenvalue weighted by Gasteiger charge is -2.26. The van der Waals surface area contributed by atoms with Gasteiger partial charge in [-0.2, -0.15) is 0 Å². The van der Waals surface area contributed by atoms with E-state index in [2.05, 4.69) is 0 Å². The molecule has 1 aromatic carbocycles. The summed E-state index contributed by atoms with van der Waals surface area (Å²) in [6.45, 7) is 2.43. The van der Waals surface area contributed by atoms with Crippen molar-refractivity contribution in [3.05, 3.63) is 29.6 Å². The molecule has 2 rings (SSSR count). The van der Waals surface area contributed by atoms with Gasteiger partial charge in [0.2, 0.25) is 0 Å². The van der Waals surface area contributed by atoms with E-state index in [4.69, 9.17) is 10.5 Å². The monoisotopic (exact) mass is 223 g/mol. The quantitative estimate of drug-likeness (QED) is 0.855. The molecular formula is C13H18FNO. The average molecular weight is 223 g/mol. The maximum atomic E-state index is 13.2. The standard InChI is InChI=1S/C13H18FNO/c1-2-16-12-9-10(14)5-6-11(12)13(15)7-3-4-8-13/h5-6,9H,2-4,7-8,15H2,1H3. The van der Waals surface area contributed by atoms with E-state index in [-0.39, 0.29) is 11.4 Å². The van der Waals surface area contributed by atoms with E-state index < -0.39 is 0 Å². The lowest BCUT2D eigenvalue weighted by atomic mass is 9.88. The second-order valence-corrected chi connectivity index (χ2v) is 4.44. The summed E-state index contributed by atoms with van der Waals surface area (Å²) in [5.41, 5.74) is 6.99. The van der Waals surface area contributed by atoms with Crippen molar-refractivity contribution in [1.82, 2.24) is 0 Å². The molecule has 16 heavy (non-hydrogen) atoms. The third-order valence-corrected chi connectivity index (χ3v) is 3.28. The van der Waals surface area contributed by atoms with Crippen molar-refractivity contribution in [3.8, 4) is 5.75 Å². The van der Waals surface area contributed by atoms with Crippen molar-refractivity contribution in [3.63, 3.8) is 0 Å². The van der Waals surface area contributed by atoms with Gasteiger partial charge in [0.05, 0.1) is 6.61 Å². The van der Waals surface area contributed by atoms with E-state index in [1.807, 2.05) is 6.92 Å². The van der Waals surface area contributed by atoms with Gasteiger partial charge in [-0.05, 0) is 25.8 Å². The normalized spacial score (nSPS) is 18.7. The first-order valence-electron chi connectivity index (χ1n) is 5.87. The molecule has 2 nitrogen and oxygen atoms in total. The highest BCUT2D eigenvalue weighted by Crippen LogP contribution is 2.40. The van der Waals surface area contributed by atoms with Gasteiger partial charge in [-0.3, -0.25) is 0 Å². The van der Waals surface area contributed by atoms with Crippen molar-refractivity contribution in [1.29, 1.82) is 0 Å². The summed E-state index contributed by atoms with van der Waals surface area (Å²) >= 11 is 0. The Bertz CT molecular complexity index is 372. The van der Waals surface area contributed by atoms with Crippen molar-refractivity contribution < 1.29 is 9.13 Å². The highest BCUT2D eigenvalue weighted by Gasteiger charge is 2.33. The smallest absolute Gasteiger partial charge is 0.127 e. The molecule has 88 valence electrons. The Labute approximate surface area is 95.6 Å². The molecule has 0 atom stereocenters. The van der Waals surface area contributed by atoms with Crippen molar-refractivity contribution in [2.24, 2.45) is 5.73 Å². The van der Waals surface area contributed by atoms with E-state index in [1.54, 1.807) is 6.07 Å². The van der Waals surface area contributed by atoms with Crippen LogP contribution in [0.3, 0.4) is 0 Å². The van der Waals surface area contributed by atoms with E-state index in [9.17, 15) is 4.39 Å². The lowest BCUT2D eigenvalue weighted by Crippen LogP contribution is -2.33. The van der Waals surface area contributed by atoms with Crippen LogP contribution in [0.1, 0.15) is 38.2 Å². The fourth-order valence-corrected chi connectivity index (χ4v) is 2.46. The molecule has 0 amide bonds. The maximum Gasteiger partial charge on any atom is 0.127 e. The van der Waals surface area contributed by atoms with Gasteiger partial charge in [-0.15, -0.1) is 0 Å². The number of hydrogen-bond acceptors (Lipinski definition) is 2. The van der Waals surface area contributed by atoms with Gasteiger partial charge in [0.15, 0.2) is 0 Å². The minimum absolute atomic E-state index is 0.270. The Balaban J connectivity index is 2.38. The minimum Gasteiger partial charge on any atom is -0.493 e. The number of hydrogen-bond donors (Lipinski definition) is 1. The Hall–Kier alpha value is -1.09. The zero-order valence-electron chi connectivity index (χ0n) is 9.63. The van der Waals surface area contributed by atoms with Gasteiger partial charge in [-0.25, -0.2) is 4.39 Å². The van der Waals surface area contributed by atoms with Gasteiger partial charge in [0.25, 0.3) is 0 Å². The van der Waals surface area contributed by atoms with E-state index in [0.717, 1.165) is 31.2 Å². The highest BCUT2D eigenvalue weighted by molar-refractivity contribution is 5.40. The van der Waals surface area contributed by atoms with Crippen LogP contribution in [0.5, 0.6) is 5.75 Å². The number of benzene rings is 1. The third kappa shape index (κ3) is 2.05. The molecular weight excluding hydrogens is 205 g/mol. The zero-order chi connectivity index (χ0) is 11.6. The predicted molar refractivity (Wildman–Crippen MR) is 61.9 cm³/mol. The molecule has 1 aliphatic carbocycles. The van der Waals surface area contributed by atoms with Crippen LogP contribution in [0.25, 0.3) is 0 Å². The van der Waals surface area contributed by atoms with Gasteiger partial charge in [-0.1, -0.05) is 18.9 Å². The number of nitrogens with two attached hydrogens (primary N) is 1. The SMILES string of the molecule is CCOc1cc(F)ccc1C1(N)CCCC1. The van der Waals surface area contributed by atoms with Crippen molar-refractivity contribution in [2.75, 3.05) is 6.61 Å². The molecule has 0 radical (unpaired) electrons. The Morgan fingerprint density at radius 3 is 2.69 bits per heavy atom. The molecule has 0 heterocycles. The molecule has 0 bridgehead atoms. The fraction of sp³-hybridized carbons (Fsp3) is 0.538. The summed E-state index contributed by atoms with van der Waals surface area (Å²) in [5, 5.41) is 0. The molecule has 0 aromatic heterocycles. The highest BCUT2D eigenvalue weighted by atomic mass is 19.1. The summed E-state index contributed by atoms with van der Waals surface area (Å²) in [5.74, 6) is 0.334. The fourth-order valence-electron chi connectivity index (χ4n) is 2.46. The van der Waals surface area contributed by atoms with Crippen LogP contribution in [0, 0.1) is 5.82 Å². The molecule has 2 N–H and O–H groups in total. The molecule has 0 saturated heterocycles. The first kappa shape index (κ1) is 11.4. The molecule has 1 aliphatic rings. The predicted octanol–water partition coefficient (Wildman–Crippen LogP) is 2.95. The molecule has 0 spiro atoms. The summed E-state index contributed by atoms with van der Waals surface area (Å²) in [4.78, 5) is 0. The van der Waals surface area contributed by atoms with Crippen molar-refractivity contribution >= 4 is 0 Å². The van der Waals surface area contributed by atoms with E-state index in [0.29, 0.717) is 12.4 Å².